The smallest absolute Gasteiger partial charge is 0.303 e. The van der Waals surface area contributed by atoms with Gasteiger partial charge in [0.25, 0.3) is 0 Å². The van der Waals surface area contributed by atoms with Crippen LogP contribution in [0.15, 0.2) is 42.5 Å². The van der Waals surface area contributed by atoms with Crippen LogP contribution >= 0.6 is 0 Å². The normalized spacial score (nSPS) is 17.0. The Labute approximate surface area is 158 Å². The summed E-state index contributed by atoms with van der Waals surface area (Å²) in [6.45, 7) is 2.22. The molecular formula is C21H24FNO4. The number of aryl methyl sites for hydroxylation is 1. The molecule has 0 aliphatic carbocycles. The average Bonchev–Trinajstić information content (AvgIpc) is 3.07. The lowest BCUT2D eigenvalue weighted by Crippen LogP contribution is -2.24. The van der Waals surface area contributed by atoms with E-state index in [-0.39, 0.29) is 18.3 Å². The predicted molar refractivity (Wildman–Crippen MR) is 99.7 cm³/mol. The number of hydrogen-bond acceptors (Lipinski definition) is 4. The molecule has 144 valence electrons. The van der Waals surface area contributed by atoms with Gasteiger partial charge in [0, 0.05) is 31.6 Å². The van der Waals surface area contributed by atoms with E-state index < -0.39 is 5.97 Å². The molecule has 1 fully saturated rings. The zero-order valence-electron chi connectivity index (χ0n) is 15.4. The van der Waals surface area contributed by atoms with Crippen molar-refractivity contribution in [3.8, 4) is 11.5 Å². The summed E-state index contributed by atoms with van der Waals surface area (Å²) in [7, 11) is 1.59. The molecule has 0 amide bonds. The molecule has 3 rings (SSSR count). The lowest BCUT2D eigenvalue weighted by Gasteiger charge is -2.18. The van der Waals surface area contributed by atoms with Crippen molar-refractivity contribution in [1.29, 1.82) is 0 Å². The maximum atomic E-state index is 13.5. The van der Waals surface area contributed by atoms with Crippen molar-refractivity contribution in [3.05, 3.63) is 59.4 Å². The minimum absolute atomic E-state index is 0.0549. The van der Waals surface area contributed by atoms with E-state index in [0.29, 0.717) is 18.7 Å². The quantitative estimate of drug-likeness (QED) is 0.767. The minimum atomic E-state index is -0.805. The van der Waals surface area contributed by atoms with Crippen molar-refractivity contribution >= 4 is 5.97 Å². The van der Waals surface area contributed by atoms with Gasteiger partial charge >= 0.3 is 5.97 Å². The highest BCUT2D eigenvalue weighted by atomic mass is 19.1. The van der Waals surface area contributed by atoms with Crippen molar-refractivity contribution in [2.45, 2.75) is 31.9 Å². The van der Waals surface area contributed by atoms with Gasteiger partial charge in [0.05, 0.1) is 7.11 Å². The van der Waals surface area contributed by atoms with Gasteiger partial charge in [-0.25, -0.2) is 4.39 Å². The standard InChI is InChI=1S/C21H24FNO4/c1-26-20-7-6-17(22)12-16(20)13-23-10-9-19(14-23)27-18-4-2-3-15(11-18)5-8-21(24)25/h2-4,6-7,11-12,19H,5,8-10,13-14H2,1H3,(H,24,25). The van der Waals surface area contributed by atoms with Crippen molar-refractivity contribution in [1.82, 2.24) is 4.90 Å². The molecule has 2 aromatic rings. The fourth-order valence-electron chi connectivity index (χ4n) is 3.37. The number of carboxylic acid groups (broad SMARTS) is 1. The van der Waals surface area contributed by atoms with Crippen LogP contribution in [-0.4, -0.2) is 42.3 Å². The van der Waals surface area contributed by atoms with Gasteiger partial charge in [0.2, 0.25) is 0 Å². The Morgan fingerprint density at radius 3 is 2.93 bits per heavy atom. The molecule has 1 atom stereocenters. The van der Waals surface area contributed by atoms with Gasteiger partial charge < -0.3 is 14.6 Å². The number of ether oxygens (including phenoxy) is 2. The number of carboxylic acids is 1. The monoisotopic (exact) mass is 373 g/mol. The van der Waals surface area contributed by atoms with Crippen molar-refractivity contribution in [3.63, 3.8) is 0 Å². The Morgan fingerprint density at radius 2 is 2.15 bits per heavy atom. The number of carbonyl (C=O) groups is 1. The zero-order chi connectivity index (χ0) is 19.2. The molecule has 1 heterocycles. The van der Waals surface area contributed by atoms with E-state index in [4.69, 9.17) is 14.6 Å². The number of rotatable bonds is 8. The van der Waals surface area contributed by atoms with Crippen LogP contribution in [0, 0.1) is 5.82 Å². The third-order valence-electron chi connectivity index (χ3n) is 4.69. The lowest BCUT2D eigenvalue weighted by molar-refractivity contribution is -0.136. The van der Waals surface area contributed by atoms with Crippen molar-refractivity contribution in [2.75, 3.05) is 20.2 Å². The highest BCUT2D eigenvalue weighted by molar-refractivity contribution is 5.67. The molecule has 5 nitrogen and oxygen atoms in total. The first-order valence-corrected chi connectivity index (χ1v) is 9.05. The van der Waals surface area contributed by atoms with Gasteiger partial charge in [-0.05, 0) is 48.7 Å². The van der Waals surface area contributed by atoms with Crippen LogP contribution in [0.4, 0.5) is 4.39 Å². The van der Waals surface area contributed by atoms with Gasteiger partial charge in [0.1, 0.15) is 23.4 Å². The van der Waals surface area contributed by atoms with Crippen LogP contribution < -0.4 is 9.47 Å². The molecule has 1 aliphatic rings. The fraction of sp³-hybridized carbons (Fsp3) is 0.381. The summed E-state index contributed by atoms with van der Waals surface area (Å²) in [5.74, 6) is 0.372. The maximum absolute atomic E-state index is 13.5. The number of nitrogens with zero attached hydrogens (tertiary/aromatic N) is 1. The first-order valence-electron chi connectivity index (χ1n) is 9.05. The summed E-state index contributed by atoms with van der Waals surface area (Å²) in [6, 6.07) is 12.2. The third kappa shape index (κ3) is 5.44. The average molecular weight is 373 g/mol. The molecule has 0 saturated carbocycles. The van der Waals surface area contributed by atoms with E-state index in [1.807, 2.05) is 24.3 Å². The Morgan fingerprint density at radius 1 is 1.30 bits per heavy atom. The van der Waals surface area contributed by atoms with Crippen molar-refractivity contribution in [2.24, 2.45) is 0 Å². The topological polar surface area (TPSA) is 59.0 Å². The summed E-state index contributed by atoms with van der Waals surface area (Å²) < 4.78 is 24.9. The summed E-state index contributed by atoms with van der Waals surface area (Å²) in [5.41, 5.74) is 1.78. The fourth-order valence-corrected chi connectivity index (χ4v) is 3.37. The Hall–Kier alpha value is -2.60. The Balaban J connectivity index is 1.56. The largest absolute Gasteiger partial charge is 0.496 e. The molecular weight excluding hydrogens is 349 g/mol. The SMILES string of the molecule is COc1ccc(F)cc1CN1CCC(Oc2cccc(CCC(=O)O)c2)C1. The van der Waals surface area contributed by atoms with Crippen LogP contribution in [-0.2, 0) is 17.8 Å². The Bertz CT molecular complexity index is 796. The van der Waals surface area contributed by atoms with Crippen LogP contribution in [0.2, 0.25) is 0 Å². The number of methoxy groups -OCH3 is 1. The third-order valence-corrected chi connectivity index (χ3v) is 4.69. The summed E-state index contributed by atoms with van der Waals surface area (Å²) in [6.07, 6.45) is 1.54. The summed E-state index contributed by atoms with van der Waals surface area (Å²) in [4.78, 5) is 12.9. The summed E-state index contributed by atoms with van der Waals surface area (Å²) in [5, 5.41) is 8.81. The molecule has 2 aromatic carbocycles. The number of halogens is 1. The van der Waals surface area contributed by atoms with Crippen LogP contribution in [0.1, 0.15) is 24.0 Å². The zero-order valence-corrected chi connectivity index (χ0v) is 15.4. The predicted octanol–water partition coefficient (Wildman–Crippen LogP) is 3.50. The van der Waals surface area contributed by atoms with E-state index in [1.54, 1.807) is 13.2 Å². The Kier molecular flexibility index (Phi) is 6.29. The second-order valence-electron chi connectivity index (χ2n) is 6.76. The number of aliphatic carboxylic acids is 1. The maximum Gasteiger partial charge on any atom is 0.303 e. The molecule has 1 saturated heterocycles. The number of hydrogen-bond donors (Lipinski definition) is 1. The highest BCUT2D eigenvalue weighted by Crippen LogP contribution is 2.25. The summed E-state index contributed by atoms with van der Waals surface area (Å²) >= 11 is 0. The van der Waals surface area contributed by atoms with E-state index in [1.165, 1.54) is 12.1 Å². The molecule has 27 heavy (non-hydrogen) atoms. The highest BCUT2D eigenvalue weighted by Gasteiger charge is 2.25. The van der Waals surface area contributed by atoms with Crippen LogP contribution in [0.5, 0.6) is 11.5 Å². The second-order valence-corrected chi connectivity index (χ2v) is 6.76. The lowest BCUT2D eigenvalue weighted by atomic mass is 10.1. The minimum Gasteiger partial charge on any atom is -0.496 e. The van der Waals surface area contributed by atoms with Crippen molar-refractivity contribution < 1.29 is 23.8 Å². The van der Waals surface area contributed by atoms with Gasteiger partial charge in [-0.2, -0.15) is 0 Å². The molecule has 0 radical (unpaired) electrons. The molecule has 0 spiro atoms. The van der Waals surface area contributed by atoms with E-state index in [9.17, 15) is 9.18 Å². The van der Waals surface area contributed by atoms with E-state index >= 15 is 0 Å². The molecule has 0 aromatic heterocycles. The molecule has 6 heteroatoms. The number of likely N-dealkylation sites (tertiary alicyclic amines) is 1. The van der Waals surface area contributed by atoms with Gasteiger partial charge in [0.15, 0.2) is 0 Å². The number of benzene rings is 2. The molecule has 1 unspecified atom stereocenters. The van der Waals surface area contributed by atoms with Crippen LogP contribution in [0.3, 0.4) is 0 Å². The van der Waals surface area contributed by atoms with Gasteiger partial charge in [-0.15, -0.1) is 0 Å². The first-order chi connectivity index (χ1) is 13.0. The second kappa shape index (κ2) is 8.86. The van der Waals surface area contributed by atoms with Crippen LogP contribution in [0.25, 0.3) is 0 Å². The van der Waals surface area contributed by atoms with E-state index in [0.717, 1.165) is 36.4 Å². The molecule has 1 aliphatic heterocycles. The molecule has 0 bridgehead atoms. The first kappa shape index (κ1) is 19.2. The molecule has 1 N–H and O–H groups in total. The van der Waals surface area contributed by atoms with E-state index in [2.05, 4.69) is 4.90 Å². The van der Waals surface area contributed by atoms with Gasteiger partial charge in [-0.3, -0.25) is 9.69 Å². The van der Waals surface area contributed by atoms with Gasteiger partial charge in [-0.1, -0.05) is 12.1 Å².